The van der Waals surface area contributed by atoms with E-state index >= 15 is 0 Å². The van der Waals surface area contributed by atoms with Crippen molar-refractivity contribution in [1.82, 2.24) is 0 Å². The monoisotopic (exact) mass is 232 g/mol. The van der Waals surface area contributed by atoms with Gasteiger partial charge in [-0.1, -0.05) is 56.3 Å². The number of carboxylic acids is 1. The third-order valence-electron chi connectivity index (χ3n) is 3.41. The number of hydrogen-bond donors (Lipinski definition) is 1. The molecule has 0 spiro atoms. The molecule has 17 heavy (non-hydrogen) atoms. The largest absolute Gasteiger partial charge is 0.481 e. The van der Waals surface area contributed by atoms with Crippen LogP contribution in [0, 0.1) is 11.3 Å². The molecule has 0 aromatic heterocycles. The summed E-state index contributed by atoms with van der Waals surface area (Å²) < 4.78 is 0. The fourth-order valence-corrected chi connectivity index (χ4v) is 1.57. The molecule has 0 aliphatic carbocycles. The molecule has 1 atom stereocenters. The summed E-state index contributed by atoms with van der Waals surface area (Å²) in [7, 11) is 0. The van der Waals surface area contributed by atoms with Gasteiger partial charge in [0, 0.05) is 0 Å². The first kappa shape index (κ1) is 13.5. The lowest BCUT2D eigenvalue weighted by Crippen LogP contribution is -2.32. The predicted molar refractivity (Wildman–Crippen MR) is 70.7 cm³/mol. The lowest BCUT2D eigenvalue weighted by molar-refractivity contribution is -0.150. The Balaban J connectivity index is 2.72. The van der Waals surface area contributed by atoms with Gasteiger partial charge in [-0.05, 0) is 24.8 Å². The van der Waals surface area contributed by atoms with E-state index in [-0.39, 0.29) is 5.92 Å². The summed E-state index contributed by atoms with van der Waals surface area (Å²) in [5.41, 5.74) is 0.412. The molecule has 0 aliphatic rings. The standard InChI is InChI=1S/C15H20O2/c1-12(2)15(3,14(16)17)11-7-10-13-8-5-4-6-9-13/h4-10,12H,11H2,1-3H3,(H,16,17)/b10-7+. The lowest BCUT2D eigenvalue weighted by Gasteiger charge is -2.27. The fraction of sp³-hybridized carbons (Fsp3) is 0.400. The molecular formula is C15H20O2. The number of hydrogen-bond acceptors (Lipinski definition) is 1. The second kappa shape index (κ2) is 5.67. The fourth-order valence-electron chi connectivity index (χ4n) is 1.57. The van der Waals surface area contributed by atoms with Crippen molar-refractivity contribution in [3.8, 4) is 0 Å². The van der Waals surface area contributed by atoms with Gasteiger partial charge in [-0.25, -0.2) is 0 Å². The molecule has 0 bridgehead atoms. The third kappa shape index (κ3) is 3.45. The lowest BCUT2D eigenvalue weighted by atomic mass is 9.76. The van der Waals surface area contributed by atoms with Gasteiger partial charge in [0.15, 0.2) is 0 Å². The Morgan fingerprint density at radius 3 is 2.41 bits per heavy atom. The van der Waals surface area contributed by atoms with Gasteiger partial charge in [-0.3, -0.25) is 4.79 Å². The van der Waals surface area contributed by atoms with Crippen LogP contribution in [0.1, 0.15) is 32.8 Å². The highest BCUT2D eigenvalue weighted by Crippen LogP contribution is 2.32. The van der Waals surface area contributed by atoms with Crippen molar-refractivity contribution in [3.63, 3.8) is 0 Å². The topological polar surface area (TPSA) is 37.3 Å². The van der Waals surface area contributed by atoms with Crippen LogP contribution < -0.4 is 0 Å². The average Bonchev–Trinajstić information content (AvgIpc) is 2.29. The zero-order chi connectivity index (χ0) is 12.9. The molecule has 2 nitrogen and oxygen atoms in total. The molecule has 0 saturated heterocycles. The SMILES string of the molecule is CC(C)C(C)(C/C=C/c1ccccc1)C(=O)O. The molecular weight excluding hydrogens is 212 g/mol. The Hall–Kier alpha value is -1.57. The van der Waals surface area contributed by atoms with Crippen LogP contribution in [0.2, 0.25) is 0 Å². The summed E-state index contributed by atoms with van der Waals surface area (Å²) in [4.78, 5) is 11.3. The highest BCUT2D eigenvalue weighted by Gasteiger charge is 2.35. The van der Waals surface area contributed by atoms with E-state index in [2.05, 4.69) is 0 Å². The van der Waals surface area contributed by atoms with Crippen molar-refractivity contribution < 1.29 is 9.90 Å². The van der Waals surface area contributed by atoms with Crippen molar-refractivity contribution >= 4 is 12.0 Å². The minimum atomic E-state index is -0.731. The molecule has 0 radical (unpaired) electrons. The quantitative estimate of drug-likeness (QED) is 0.837. The van der Waals surface area contributed by atoms with Crippen LogP contribution in [-0.4, -0.2) is 11.1 Å². The minimum Gasteiger partial charge on any atom is -0.481 e. The van der Waals surface area contributed by atoms with E-state index in [9.17, 15) is 9.90 Å². The van der Waals surface area contributed by atoms with Gasteiger partial charge in [-0.2, -0.15) is 0 Å². The maximum absolute atomic E-state index is 11.3. The minimum absolute atomic E-state index is 0.112. The molecule has 0 saturated carbocycles. The molecule has 1 aromatic carbocycles. The van der Waals surface area contributed by atoms with Crippen molar-refractivity contribution in [2.45, 2.75) is 27.2 Å². The Morgan fingerprint density at radius 2 is 1.94 bits per heavy atom. The molecule has 1 rings (SSSR count). The van der Waals surface area contributed by atoms with E-state index in [0.29, 0.717) is 6.42 Å². The van der Waals surface area contributed by atoms with E-state index < -0.39 is 11.4 Å². The van der Waals surface area contributed by atoms with E-state index in [0.717, 1.165) is 5.56 Å². The van der Waals surface area contributed by atoms with Crippen molar-refractivity contribution in [2.75, 3.05) is 0 Å². The number of allylic oxidation sites excluding steroid dienone is 1. The number of rotatable bonds is 5. The molecule has 2 heteroatoms. The Kier molecular flexibility index (Phi) is 4.50. The summed E-state index contributed by atoms with van der Waals surface area (Å²) in [6.07, 6.45) is 4.47. The Morgan fingerprint density at radius 1 is 1.35 bits per heavy atom. The second-order valence-electron chi connectivity index (χ2n) is 4.89. The van der Waals surface area contributed by atoms with E-state index in [4.69, 9.17) is 0 Å². The molecule has 92 valence electrons. The molecule has 1 N–H and O–H groups in total. The van der Waals surface area contributed by atoms with Crippen LogP contribution >= 0.6 is 0 Å². The Bertz CT molecular complexity index is 393. The smallest absolute Gasteiger partial charge is 0.309 e. The zero-order valence-corrected chi connectivity index (χ0v) is 10.7. The highest BCUT2D eigenvalue weighted by molar-refractivity contribution is 5.75. The van der Waals surface area contributed by atoms with Gasteiger partial charge in [-0.15, -0.1) is 0 Å². The number of aliphatic carboxylic acids is 1. The van der Waals surface area contributed by atoms with E-state index in [1.165, 1.54) is 0 Å². The molecule has 0 heterocycles. The van der Waals surface area contributed by atoms with Gasteiger partial charge in [0.25, 0.3) is 0 Å². The molecule has 1 unspecified atom stereocenters. The van der Waals surface area contributed by atoms with Crippen LogP contribution in [0.3, 0.4) is 0 Å². The van der Waals surface area contributed by atoms with Gasteiger partial charge < -0.3 is 5.11 Å². The zero-order valence-electron chi connectivity index (χ0n) is 10.7. The van der Waals surface area contributed by atoms with E-state index in [1.54, 1.807) is 6.92 Å². The molecule has 0 aliphatic heterocycles. The average molecular weight is 232 g/mol. The van der Waals surface area contributed by atoms with Gasteiger partial charge in [0.05, 0.1) is 5.41 Å². The number of carboxylic acid groups (broad SMARTS) is 1. The predicted octanol–water partition coefficient (Wildman–Crippen LogP) is 3.84. The summed E-state index contributed by atoms with van der Waals surface area (Å²) >= 11 is 0. The Labute approximate surface area is 103 Å². The normalized spacial score (nSPS) is 15.1. The highest BCUT2D eigenvalue weighted by atomic mass is 16.4. The molecule has 1 aromatic rings. The maximum atomic E-state index is 11.3. The number of benzene rings is 1. The summed E-state index contributed by atoms with van der Waals surface area (Å²) in [6, 6.07) is 9.91. The first-order valence-electron chi connectivity index (χ1n) is 5.92. The van der Waals surface area contributed by atoms with Crippen LogP contribution in [0.15, 0.2) is 36.4 Å². The molecule has 0 amide bonds. The van der Waals surface area contributed by atoms with Crippen LogP contribution in [0.4, 0.5) is 0 Å². The van der Waals surface area contributed by atoms with Crippen molar-refractivity contribution in [3.05, 3.63) is 42.0 Å². The first-order valence-corrected chi connectivity index (χ1v) is 5.92. The van der Waals surface area contributed by atoms with Gasteiger partial charge in [0.1, 0.15) is 0 Å². The molecule has 0 fully saturated rings. The van der Waals surface area contributed by atoms with E-state index in [1.807, 2.05) is 56.3 Å². The first-order chi connectivity index (χ1) is 7.97. The van der Waals surface area contributed by atoms with Crippen molar-refractivity contribution in [2.24, 2.45) is 11.3 Å². The van der Waals surface area contributed by atoms with Gasteiger partial charge >= 0.3 is 5.97 Å². The summed E-state index contributed by atoms with van der Waals surface area (Å²) in [5.74, 6) is -0.620. The van der Waals surface area contributed by atoms with Crippen molar-refractivity contribution in [1.29, 1.82) is 0 Å². The third-order valence-corrected chi connectivity index (χ3v) is 3.41. The maximum Gasteiger partial charge on any atom is 0.309 e. The van der Waals surface area contributed by atoms with Crippen LogP contribution in [-0.2, 0) is 4.79 Å². The van der Waals surface area contributed by atoms with Crippen LogP contribution in [0.5, 0.6) is 0 Å². The number of carbonyl (C=O) groups is 1. The summed E-state index contributed by atoms with van der Waals surface area (Å²) in [6.45, 7) is 5.70. The second-order valence-corrected chi connectivity index (χ2v) is 4.89. The summed E-state index contributed by atoms with van der Waals surface area (Å²) in [5, 5.41) is 9.27. The van der Waals surface area contributed by atoms with Crippen LogP contribution in [0.25, 0.3) is 6.08 Å². The van der Waals surface area contributed by atoms with Gasteiger partial charge in [0.2, 0.25) is 0 Å².